The summed E-state index contributed by atoms with van der Waals surface area (Å²) in [5.74, 6) is 0.560. The van der Waals surface area contributed by atoms with Gasteiger partial charge in [0.1, 0.15) is 0 Å². The van der Waals surface area contributed by atoms with Crippen molar-refractivity contribution in [1.29, 1.82) is 0 Å². The molecule has 20 heavy (non-hydrogen) atoms. The molecule has 0 radical (unpaired) electrons. The van der Waals surface area contributed by atoms with Gasteiger partial charge in [0.25, 0.3) is 5.56 Å². The first kappa shape index (κ1) is 14.4. The van der Waals surface area contributed by atoms with E-state index < -0.39 is 0 Å². The molecule has 2 rings (SSSR count). The molecule has 0 bridgehead atoms. The molecular formula is C17H22N2O. The molecule has 0 unspecified atom stereocenters. The van der Waals surface area contributed by atoms with Gasteiger partial charge in [0.05, 0.1) is 5.69 Å². The van der Waals surface area contributed by atoms with Crippen LogP contribution in [-0.4, -0.2) is 4.57 Å². The van der Waals surface area contributed by atoms with Crippen LogP contribution in [0.25, 0.3) is 0 Å². The largest absolute Gasteiger partial charge is 0.380 e. The summed E-state index contributed by atoms with van der Waals surface area (Å²) in [5, 5.41) is 3.35. The van der Waals surface area contributed by atoms with Crippen molar-refractivity contribution in [2.24, 2.45) is 0 Å². The number of aromatic nitrogens is 1. The first-order chi connectivity index (χ1) is 9.60. The lowest BCUT2D eigenvalue weighted by Crippen LogP contribution is -2.17. The molecule has 1 aromatic heterocycles. The van der Waals surface area contributed by atoms with Gasteiger partial charge in [-0.15, -0.1) is 0 Å². The highest BCUT2D eigenvalue weighted by molar-refractivity contribution is 5.41. The van der Waals surface area contributed by atoms with E-state index in [0.29, 0.717) is 12.5 Å². The van der Waals surface area contributed by atoms with Crippen molar-refractivity contribution in [1.82, 2.24) is 4.57 Å². The van der Waals surface area contributed by atoms with Crippen LogP contribution in [-0.2, 0) is 13.1 Å². The van der Waals surface area contributed by atoms with Crippen LogP contribution in [0, 0.1) is 0 Å². The summed E-state index contributed by atoms with van der Waals surface area (Å²) >= 11 is 0. The second-order valence-electron chi connectivity index (χ2n) is 5.29. The van der Waals surface area contributed by atoms with Crippen molar-refractivity contribution < 1.29 is 0 Å². The smallest absolute Gasteiger partial charge is 0.250 e. The first-order valence-corrected chi connectivity index (χ1v) is 7.13. The van der Waals surface area contributed by atoms with Crippen LogP contribution < -0.4 is 10.9 Å². The summed E-state index contributed by atoms with van der Waals surface area (Å²) in [6.45, 7) is 7.82. The quantitative estimate of drug-likeness (QED) is 0.900. The molecule has 2 aromatic rings. The SMILES string of the molecule is CCn1cc(NCc2ccc(C(C)C)cc2)ccc1=O. The van der Waals surface area contributed by atoms with Crippen molar-refractivity contribution in [3.05, 3.63) is 64.1 Å². The Labute approximate surface area is 120 Å². The minimum Gasteiger partial charge on any atom is -0.380 e. The number of anilines is 1. The molecule has 3 nitrogen and oxygen atoms in total. The average molecular weight is 270 g/mol. The fourth-order valence-electron chi connectivity index (χ4n) is 2.11. The molecule has 1 N–H and O–H groups in total. The third-order valence-corrected chi connectivity index (χ3v) is 3.47. The predicted octanol–water partition coefficient (Wildman–Crippen LogP) is 3.60. The van der Waals surface area contributed by atoms with E-state index in [1.807, 2.05) is 19.2 Å². The molecule has 1 aromatic carbocycles. The van der Waals surface area contributed by atoms with E-state index >= 15 is 0 Å². The molecule has 0 amide bonds. The zero-order valence-electron chi connectivity index (χ0n) is 12.4. The van der Waals surface area contributed by atoms with Gasteiger partial charge in [-0.1, -0.05) is 38.1 Å². The Balaban J connectivity index is 2.03. The van der Waals surface area contributed by atoms with Crippen LogP contribution in [0.3, 0.4) is 0 Å². The Morgan fingerprint density at radius 2 is 1.80 bits per heavy atom. The highest BCUT2D eigenvalue weighted by atomic mass is 16.1. The summed E-state index contributed by atoms with van der Waals surface area (Å²) in [6, 6.07) is 12.1. The monoisotopic (exact) mass is 270 g/mol. The van der Waals surface area contributed by atoms with Crippen molar-refractivity contribution in [2.45, 2.75) is 39.8 Å². The van der Waals surface area contributed by atoms with Crippen LogP contribution in [0.1, 0.15) is 37.8 Å². The van der Waals surface area contributed by atoms with Gasteiger partial charge < -0.3 is 9.88 Å². The molecule has 0 saturated carbocycles. The Bertz CT molecular complexity index is 612. The van der Waals surface area contributed by atoms with Crippen LogP contribution in [0.2, 0.25) is 0 Å². The molecule has 0 saturated heterocycles. The molecule has 106 valence electrons. The maximum absolute atomic E-state index is 11.5. The second kappa shape index (κ2) is 6.42. The standard InChI is InChI=1S/C17H22N2O/c1-4-19-12-16(9-10-17(19)20)18-11-14-5-7-15(8-6-14)13(2)3/h5-10,12-13,18H,4,11H2,1-3H3. The van der Waals surface area contributed by atoms with Gasteiger partial charge in [0.2, 0.25) is 0 Å². The van der Waals surface area contributed by atoms with Gasteiger partial charge >= 0.3 is 0 Å². The Morgan fingerprint density at radius 3 is 2.40 bits per heavy atom. The van der Waals surface area contributed by atoms with Crippen LogP contribution in [0.4, 0.5) is 5.69 Å². The molecule has 0 aliphatic rings. The highest BCUT2D eigenvalue weighted by Crippen LogP contribution is 2.15. The van der Waals surface area contributed by atoms with Crippen molar-refractivity contribution in [2.75, 3.05) is 5.32 Å². The zero-order chi connectivity index (χ0) is 14.5. The number of benzene rings is 1. The summed E-state index contributed by atoms with van der Waals surface area (Å²) in [7, 11) is 0. The number of hydrogen-bond donors (Lipinski definition) is 1. The fourth-order valence-corrected chi connectivity index (χ4v) is 2.11. The Kier molecular flexibility index (Phi) is 4.61. The van der Waals surface area contributed by atoms with Gasteiger partial charge in [-0.05, 0) is 30.0 Å². The van der Waals surface area contributed by atoms with E-state index in [2.05, 4.69) is 43.4 Å². The zero-order valence-corrected chi connectivity index (χ0v) is 12.4. The molecular weight excluding hydrogens is 248 g/mol. The fraction of sp³-hybridized carbons (Fsp3) is 0.353. The molecule has 1 heterocycles. The summed E-state index contributed by atoms with van der Waals surface area (Å²) in [4.78, 5) is 11.5. The molecule has 3 heteroatoms. The molecule has 0 aliphatic carbocycles. The number of hydrogen-bond acceptors (Lipinski definition) is 2. The van der Waals surface area contributed by atoms with Gasteiger partial charge in [0.15, 0.2) is 0 Å². The second-order valence-corrected chi connectivity index (χ2v) is 5.29. The summed E-state index contributed by atoms with van der Waals surface area (Å²) in [6.07, 6.45) is 1.87. The Morgan fingerprint density at radius 1 is 1.10 bits per heavy atom. The number of aryl methyl sites for hydroxylation is 1. The van der Waals surface area contributed by atoms with Crippen LogP contribution in [0.5, 0.6) is 0 Å². The Hall–Kier alpha value is -2.03. The predicted molar refractivity (Wildman–Crippen MR) is 84.2 cm³/mol. The maximum Gasteiger partial charge on any atom is 0.250 e. The molecule has 0 atom stereocenters. The summed E-state index contributed by atoms with van der Waals surface area (Å²) in [5.41, 5.74) is 3.61. The van der Waals surface area contributed by atoms with E-state index in [-0.39, 0.29) is 5.56 Å². The molecule has 0 fully saturated rings. The third kappa shape index (κ3) is 3.50. The number of pyridine rings is 1. The van der Waals surface area contributed by atoms with Gasteiger partial charge in [-0.2, -0.15) is 0 Å². The van der Waals surface area contributed by atoms with E-state index in [0.717, 1.165) is 12.2 Å². The lowest BCUT2D eigenvalue weighted by molar-refractivity contribution is 0.727. The van der Waals surface area contributed by atoms with Crippen molar-refractivity contribution in [3.8, 4) is 0 Å². The van der Waals surface area contributed by atoms with Gasteiger partial charge in [0, 0.05) is 25.4 Å². The van der Waals surface area contributed by atoms with E-state index in [9.17, 15) is 4.79 Å². The van der Waals surface area contributed by atoms with E-state index in [1.54, 1.807) is 10.6 Å². The van der Waals surface area contributed by atoms with Gasteiger partial charge in [-0.25, -0.2) is 0 Å². The van der Waals surface area contributed by atoms with Gasteiger partial charge in [-0.3, -0.25) is 4.79 Å². The number of nitrogens with zero attached hydrogens (tertiary/aromatic N) is 1. The average Bonchev–Trinajstić information content (AvgIpc) is 2.46. The molecule has 0 aliphatic heterocycles. The van der Waals surface area contributed by atoms with Crippen LogP contribution in [0.15, 0.2) is 47.4 Å². The highest BCUT2D eigenvalue weighted by Gasteiger charge is 2.00. The first-order valence-electron chi connectivity index (χ1n) is 7.13. The van der Waals surface area contributed by atoms with Crippen molar-refractivity contribution in [3.63, 3.8) is 0 Å². The lowest BCUT2D eigenvalue weighted by Gasteiger charge is -2.10. The van der Waals surface area contributed by atoms with Crippen molar-refractivity contribution >= 4 is 5.69 Å². The third-order valence-electron chi connectivity index (χ3n) is 3.47. The van der Waals surface area contributed by atoms with E-state index in [1.165, 1.54) is 11.1 Å². The minimum atomic E-state index is 0.0411. The van der Waals surface area contributed by atoms with Crippen LogP contribution >= 0.6 is 0 Å². The normalized spacial score (nSPS) is 10.8. The minimum absolute atomic E-state index is 0.0411. The maximum atomic E-state index is 11.5. The topological polar surface area (TPSA) is 34.0 Å². The number of rotatable bonds is 5. The molecule has 0 spiro atoms. The summed E-state index contributed by atoms with van der Waals surface area (Å²) < 4.78 is 1.70. The van der Waals surface area contributed by atoms with E-state index in [4.69, 9.17) is 0 Å². The number of nitrogens with one attached hydrogen (secondary N) is 1. The lowest BCUT2D eigenvalue weighted by atomic mass is 10.0.